The zero-order valence-corrected chi connectivity index (χ0v) is 11.6. The minimum atomic E-state index is -0.345. The number of rotatable bonds is 3. The van der Waals surface area contributed by atoms with Gasteiger partial charge in [0.25, 0.3) is 5.91 Å². The van der Waals surface area contributed by atoms with Gasteiger partial charge in [-0.25, -0.2) is 0 Å². The Balaban J connectivity index is 2.15. The number of carbonyl (C=O) groups is 1. The summed E-state index contributed by atoms with van der Waals surface area (Å²) < 4.78 is 0. The van der Waals surface area contributed by atoms with Gasteiger partial charge in [-0.05, 0) is 31.5 Å². The van der Waals surface area contributed by atoms with Crippen molar-refractivity contribution >= 4 is 11.6 Å². The molecule has 4 N–H and O–H groups in total. The molecule has 2 aromatic carbocycles. The van der Waals surface area contributed by atoms with Gasteiger partial charge in [0.15, 0.2) is 5.75 Å². The predicted molar refractivity (Wildman–Crippen MR) is 79.6 cm³/mol. The molecule has 0 aromatic heterocycles. The Hall–Kier alpha value is -2.49. The number of phenols is 1. The zero-order valence-electron chi connectivity index (χ0n) is 11.6. The number of nitrogen functional groups attached to an aromatic ring is 1. The number of amides is 1. The summed E-state index contributed by atoms with van der Waals surface area (Å²) in [5, 5.41) is 12.6. The van der Waals surface area contributed by atoms with Crippen LogP contribution in [0.2, 0.25) is 0 Å². The van der Waals surface area contributed by atoms with Gasteiger partial charge in [0.2, 0.25) is 0 Å². The number of aromatic hydroxyl groups is 1. The van der Waals surface area contributed by atoms with Gasteiger partial charge in [-0.3, -0.25) is 4.79 Å². The molecule has 4 heteroatoms. The number of phenolic OH excluding ortho intramolecular Hbond substituents is 1. The standard InChI is InChI=1S/C16H18N2O2/c1-10-6-8-12(9-7-10)11(2)18-16(20)13-4-3-5-14(17)15(13)19/h3-9,11,19H,17H2,1-2H3,(H,18,20). The van der Waals surface area contributed by atoms with Crippen LogP contribution in [0.15, 0.2) is 42.5 Å². The maximum absolute atomic E-state index is 12.1. The normalized spacial score (nSPS) is 11.9. The van der Waals surface area contributed by atoms with Gasteiger partial charge in [-0.15, -0.1) is 0 Å². The third kappa shape index (κ3) is 2.91. The molecule has 0 aliphatic rings. The van der Waals surface area contributed by atoms with E-state index in [1.165, 1.54) is 5.56 Å². The van der Waals surface area contributed by atoms with Crippen molar-refractivity contribution in [3.05, 3.63) is 59.2 Å². The first-order chi connectivity index (χ1) is 9.49. The summed E-state index contributed by atoms with van der Waals surface area (Å²) in [5.74, 6) is -0.524. The first-order valence-corrected chi connectivity index (χ1v) is 6.44. The molecule has 2 rings (SSSR count). The van der Waals surface area contributed by atoms with Crippen LogP contribution < -0.4 is 11.1 Å². The van der Waals surface area contributed by atoms with Crippen molar-refractivity contribution in [1.82, 2.24) is 5.32 Å². The number of aryl methyl sites for hydroxylation is 1. The minimum Gasteiger partial charge on any atom is -0.505 e. The summed E-state index contributed by atoms with van der Waals surface area (Å²) in [7, 11) is 0. The molecule has 0 heterocycles. The number of carbonyl (C=O) groups excluding carboxylic acids is 1. The average molecular weight is 270 g/mol. The topological polar surface area (TPSA) is 75.4 Å². The van der Waals surface area contributed by atoms with Crippen LogP contribution >= 0.6 is 0 Å². The molecule has 0 aliphatic carbocycles. The summed E-state index contributed by atoms with van der Waals surface area (Å²) in [6, 6.07) is 12.5. The van der Waals surface area contributed by atoms with Crippen LogP contribution in [0, 0.1) is 6.92 Å². The van der Waals surface area contributed by atoms with E-state index in [0.717, 1.165) is 5.56 Å². The van der Waals surface area contributed by atoms with Crippen LogP contribution in [0.4, 0.5) is 5.69 Å². The number of benzene rings is 2. The highest BCUT2D eigenvalue weighted by atomic mass is 16.3. The maximum Gasteiger partial charge on any atom is 0.255 e. The molecule has 0 spiro atoms. The van der Waals surface area contributed by atoms with Gasteiger partial charge in [-0.1, -0.05) is 35.9 Å². The summed E-state index contributed by atoms with van der Waals surface area (Å²) in [5.41, 5.74) is 8.14. The molecule has 104 valence electrons. The highest BCUT2D eigenvalue weighted by Gasteiger charge is 2.15. The molecule has 1 unspecified atom stereocenters. The quantitative estimate of drug-likeness (QED) is 0.593. The van der Waals surface area contributed by atoms with Crippen molar-refractivity contribution in [2.24, 2.45) is 0 Å². The van der Waals surface area contributed by atoms with Crippen LogP contribution in [-0.2, 0) is 0 Å². The Morgan fingerprint density at radius 2 is 1.85 bits per heavy atom. The van der Waals surface area contributed by atoms with Gasteiger partial charge in [0.05, 0.1) is 17.3 Å². The van der Waals surface area contributed by atoms with Gasteiger partial charge >= 0.3 is 0 Å². The minimum absolute atomic E-state index is 0.149. The van der Waals surface area contributed by atoms with E-state index < -0.39 is 0 Å². The third-order valence-electron chi connectivity index (χ3n) is 3.24. The molecule has 1 atom stereocenters. The highest BCUT2D eigenvalue weighted by molar-refractivity contribution is 5.98. The third-order valence-corrected chi connectivity index (χ3v) is 3.24. The van der Waals surface area contributed by atoms with Crippen molar-refractivity contribution in [2.45, 2.75) is 19.9 Å². The second kappa shape index (κ2) is 5.65. The summed E-state index contributed by atoms with van der Waals surface area (Å²) in [4.78, 5) is 12.1. The van der Waals surface area contributed by atoms with Crippen molar-refractivity contribution in [2.75, 3.05) is 5.73 Å². The molecular weight excluding hydrogens is 252 g/mol. The Labute approximate surface area is 118 Å². The molecule has 0 saturated carbocycles. The monoisotopic (exact) mass is 270 g/mol. The zero-order chi connectivity index (χ0) is 14.7. The lowest BCUT2D eigenvalue weighted by Crippen LogP contribution is -2.26. The first-order valence-electron chi connectivity index (χ1n) is 6.44. The van der Waals surface area contributed by atoms with Gasteiger partial charge in [0, 0.05) is 0 Å². The Morgan fingerprint density at radius 3 is 2.50 bits per heavy atom. The molecule has 0 aliphatic heterocycles. The van der Waals surface area contributed by atoms with Gasteiger partial charge in [0.1, 0.15) is 0 Å². The number of para-hydroxylation sites is 1. The van der Waals surface area contributed by atoms with E-state index in [1.54, 1.807) is 18.2 Å². The Morgan fingerprint density at radius 1 is 1.20 bits per heavy atom. The van der Waals surface area contributed by atoms with E-state index in [4.69, 9.17) is 5.73 Å². The molecule has 4 nitrogen and oxygen atoms in total. The van der Waals surface area contributed by atoms with Crippen molar-refractivity contribution in [3.8, 4) is 5.75 Å². The number of hydrogen-bond donors (Lipinski definition) is 3. The number of hydrogen-bond acceptors (Lipinski definition) is 3. The van der Waals surface area contributed by atoms with E-state index >= 15 is 0 Å². The molecular formula is C16H18N2O2. The SMILES string of the molecule is Cc1ccc(C(C)NC(=O)c2cccc(N)c2O)cc1. The highest BCUT2D eigenvalue weighted by Crippen LogP contribution is 2.25. The molecule has 20 heavy (non-hydrogen) atoms. The van der Waals surface area contributed by atoms with Gasteiger partial charge < -0.3 is 16.2 Å². The van der Waals surface area contributed by atoms with Crippen molar-refractivity contribution in [1.29, 1.82) is 0 Å². The van der Waals surface area contributed by atoms with E-state index in [-0.39, 0.29) is 28.9 Å². The predicted octanol–water partition coefficient (Wildman–Crippen LogP) is 2.77. The molecule has 0 fully saturated rings. The van der Waals surface area contributed by atoms with Crippen LogP contribution in [0.1, 0.15) is 34.5 Å². The lowest BCUT2D eigenvalue weighted by molar-refractivity contribution is 0.0937. The largest absolute Gasteiger partial charge is 0.505 e. The van der Waals surface area contributed by atoms with E-state index in [1.807, 2.05) is 38.1 Å². The second-order valence-corrected chi connectivity index (χ2v) is 4.85. The van der Waals surface area contributed by atoms with Crippen molar-refractivity contribution in [3.63, 3.8) is 0 Å². The van der Waals surface area contributed by atoms with Crippen LogP contribution in [0.25, 0.3) is 0 Å². The van der Waals surface area contributed by atoms with Crippen LogP contribution in [0.5, 0.6) is 5.75 Å². The van der Waals surface area contributed by atoms with Crippen molar-refractivity contribution < 1.29 is 9.90 Å². The fourth-order valence-electron chi connectivity index (χ4n) is 1.96. The summed E-state index contributed by atoms with van der Waals surface area (Å²) in [6.45, 7) is 3.91. The van der Waals surface area contributed by atoms with E-state index in [9.17, 15) is 9.90 Å². The molecule has 1 amide bonds. The molecule has 2 aromatic rings. The van der Waals surface area contributed by atoms with Crippen LogP contribution in [-0.4, -0.2) is 11.0 Å². The first kappa shape index (κ1) is 13.9. The lowest BCUT2D eigenvalue weighted by Gasteiger charge is -2.15. The van der Waals surface area contributed by atoms with E-state index in [2.05, 4.69) is 5.32 Å². The fraction of sp³-hybridized carbons (Fsp3) is 0.188. The summed E-state index contributed by atoms with van der Waals surface area (Å²) in [6.07, 6.45) is 0. The van der Waals surface area contributed by atoms with E-state index in [0.29, 0.717) is 0 Å². The lowest BCUT2D eigenvalue weighted by atomic mass is 10.1. The smallest absolute Gasteiger partial charge is 0.255 e. The average Bonchev–Trinajstić information content (AvgIpc) is 2.42. The number of anilines is 1. The molecule has 0 bridgehead atoms. The molecule has 0 saturated heterocycles. The fourth-order valence-corrected chi connectivity index (χ4v) is 1.96. The Bertz CT molecular complexity index is 621. The summed E-state index contributed by atoms with van der Waals surface area (Å²) >= 11 is 0. The van der Waals surface area contributed by atoms with Crippen LogP contribution in [0.3, 0.4) is 0 Å². The van der Waals surface area contributed by atoms with Gasteiger partial charge in [-0.2, -0.15) is 0 Å². The maximum atomic E-state index is 12.1. The Kier molecular flexibility index (Phi) is 3.94. The second-order valence-electron chi connectivity index (χ2n) is 4.85. The molecule has 0 radical (unpaired) electrons. The number of nitrogens with two attached hydrogens (primary N) is 1. The number of nitrogens with one attached hydrogen (secondary N) is 1.